The van der Waals surface area contributed by atoms with Crippen LogP contribution in [0.3, 0.4) is 0 Å². The molecule has 0 aliphatic heterocycles. The maximum absolute atomic E-state index is 12.7. The third-order valence-corrected chi connectivity index (χ3v) is 2.55. The third kappa shape index (κ3) is 2.76. The zero-order chi connectivity index (χ0) is 10.0. The molecule has 0 bridgehead atoms. The zero-order valence-corrected chi connectivity index (χ0v) is 10.2. The second kappa shape index (κ2) is 4.53. The molecule has 1 nitrogen and oxygen atoms in total. The molecule has 0 aliphatic carbocycles. The van der Waals surface area contributed by atoms with E-state index in [1.807, 2.05) is 0 Å². The Kier molecular flexibility index (Phi) is 3.88. The zero-order valence-electron chi connectivity index (χ0n) is 6.23. The van der Waals surface area contributed by atoms with Gasteiger partial charge in [-0.1, -0.05) is 43.5 Å². The van der Waals surface area contributed by atoms with Crippen molar-refractivity contribution < 1.29 is 9.18 Å². The first-order valence-corrected chi connectivity index (χ1v) is 5.50. The number of hydrogen-bond acceptors (Lipinski definition) is 1. The van der Waals surface area contributed by atoms with Gasteiger partial charge in [0.15, 0.2) is 5.78 Å². The first-order valence-electron chi connectivity index (χ1n) is 3.30. The third-order valence-electron chi connectivity index (χ3n) is 1.39. The lowest BCUT2D eigenvalue weighted by atomic mass is 10.1. The van der Waals surface area contributed by atoms with Gasteiger partial charge in [0, 0.05) is 5.56 Å². The van der Waals surface area contributed by atoms with Crippen molar-refractivity contribution in [1.29, 1.82) is 0 Å². The van der Waals surface area contributed by atoms with Gasteiger partial charge in [-0.3, -0.25) is 4.79 Å². The molecule has 1 rings (SSSR count). The lowest BCUT2D eigenvalue weighted by Gasteiger charge is -2.03. The number of hydrogen-bond donors (Lipinski definition) is 0. The van der Waals surface area contributed by atoms with Crippen LogP contribution in [-0.2, 0) is 0 Å². The Labute approximate surface area is 96.5 Å². The fourth-order valence-corrected chi connectivity index (χ4v) is 1.51. The SMILES string of the molecule is O=C(c1cc(F)ccc1Cl)C(Br)Br. The molecule has 0 aliphatic rings. The predicted octanol–water partition coefficient (Wildman–Crippen LogP) is 3.78. The minimum atomic E-state index is -0.542. The van der Waals surface area contributed by atoms with Crippen LogP contribution in [-0.4, -0.2) is 9.52 Å². The van der Waals surface area contributed by atoms with Crippen molar-refractivity contribution in [2.75, 3.05) is 0 Å². The standard InChI is InChI=1S/C8H4Br2ClFO/c9-8(10)7(13)5-3-4(12)1-2-6(5)11/h1-3,8H. The summed E-state index contributed by atoms with van der Waals surface area (Å²) in [6.07, 6.45) is 0. The molecule has 13 heavy (non-hydrogen) atoms. The highest BCUT2D eigenvalue weighted by atomic mass is 79.9. The minimum Gasteiger partial charge on any atom is -0.292 e. The van der Waals surface area contributed by atoms with E-state index in [0.717, 1.165) is 6.07 Å². The van der Waals surface area contributed by atoms with E-state index in [9.17, 15) is 9.18 Å². The van der Waals surface area contributed by atoms with E-state index in [2.05, 4.69) is 31.9 Å². The molecule has 5 heteroatoms. The van der Waals surface area contributed by atoms with Crippen LogP contribution in [0, 0.1) is 5.82 Å². The van der Waals surface area contributed by atoms with Gasteiger partial charge in [0.1, 0.15) is 9.55 Å². The molecule has 0 unspecified atom stereocenters. The molecule has 0 fully saturated rings. The molecular weight excluding hydrogens is 326 g/mol. The average Bonchev–Trinajstić information content (AvgIpc) is 2.08. The van der Waals surface area contributed by atoms with Crippen LogP contribution < -0.4 is 0 Å². The first kappa shape index (κ1) is 11.1. The van der Waals surface area contributed by atoms with Crippen molar-refractivity contribution in [3.8, 4) is 0 Å². The summed E-state index contributed by atoms with van der Waals surface area (Å²) < 4.78 is 12.2. The Morgan fingerprint density at radius 3 is 2.62 bits per heavy atom. The van der Waals surface area contributed by atoms with Gasteiger partial charge < -0.3 is 0 Å². The topological polar surface area (TPSA) is 17.1 Å². The summed E-state index contributed by atoms with van der Waals surface area (Å²) in [4.78, 5) is 11.4. The van der Waals surface area contributed by atoms with Crippen molar-refractivity contribution in [3.63, 3.8) is 0 Å². The molecule has 0 saturated carbocycles. The number of carbonyl (C=O) groups excluding carboxylic acids is 1. The Hall–Kier alpha value is 0.0700. The van der Waals surface area contributed by atoms with Crippen molar-refractivity contribution in [2.45, 2.75) is 3.74 Å². The average molecular weight is 330 g/mol. The molecule has 0 amide bonds. The van der Waals surface area contributed by atoms with E-state index in [1.165, 1.54) is 12.1 Å². The lowest BCUT2D eigenvalue weighted by molar-refractivity contribution is 0.101. The Morgan fingerprint density at radius 1 is 1.46 bits per heavy atom. The number of halogens is 4. The summed E-state index contributed by atoms with van der Waals surface area (Å²) in [6, 6.07) is 3.67. The number of Topliss-reactive ketones (excluding diaryl/α,β-unsaturated/α-hetero) is 1. The van der Waals surface area contributed by atoms with Crippen LogP contribution >= 0.6 is 43.5 Å². The van der Waals surface area contributed by atoms with Gasteiger partial charge in [-0.05, 0) is 18.2 Å². The fourth-order valence-electron chi connectivity index (χ4n) is 0.804. The Balaban J connectivity index is 3.13. The predicted molar refractivity (Wildman–Crippen MR) is 57.4 cm³/mol. The van der Waals surface area contributed by atoms with E-state index in [4.69, 9.17) is 11.6 Å². The van der Waals surface area contributed by atoms with Crippen molar-refractivity contribution >= 4 is 49.2 Å². The summed E-state index contributed by atoms with van der Waals surface area (Å²) in [5.74, 6) is -0.780. The van der Waals surface area contributed by atoms with E-state index >= 15 is 0 Å². The summed E-state index contributed by atoms with van der Waals surface area (Å²) in [5.41, 5.74) is 0.167. The molecule has 1 aromatic carbocycles. The first-order chi connectivity index (χ1) is 6.02. The molecule has 0 N–H and O–H groups in total. The molecular formula is C8H4Br2ClFO. The van der Waals surface area contributed by atoms with E-state index < -0.39 is 9.55 Å². The summed E-state index contributed by atoms with van der Waals surface area (Å²) in [7, 11) is 0. The molecule has 0 heterocycles. The molecule has 1 aromatic rings. The van der Waals surface area contributed by atoms with Crippen LogP contribution in [0.15, 0.2) is 18.2 Å². The highest BCUT2D eigenvalue weighted by Gasteiger charge is 2.16. The molecule has 0 radical (unpaired) electrons. The second-order valence-corrected chi connectivity index (χ2v) is 5.76. The molecule has 0 atom stereocenters. The minimum absolute atomic E-state index is 0.167. The number of carbonyl (C=O) groups is 1. The quantitative estimate of drug-likeness (QED) is 0.596. The molecule has 0 aromatic heterocycles. The van der Waals surface area contributed by atoms with Crippen LogP contribution in [0.5, 0.6) is 0 Å². The summed E-state index contributed by atoms with van der Waals surface area (Å²) >= 11 is 11.7. The van der Waals surface area contributed by atoms with Crippen LogP contribution in [0.2, 0.25) is 5.02 Å². The summed E-state index contributed by atoms with van der Waals surface area (Å²) in [5, 5.41) is 0.246. The fraction of sp³-hybridized carbons (Fsp3) is 0.125. The van der Waals surface area contributed by atoms with Crippen LogP contribution in [0.25, 0.3) is 0 Å². The van der Waals surface area contributed by atoms with Crippen LogP contribution in [0.4, 0.5) is 4.39 Å². The van der Waals surface area contributed by atoms with Gasteiger partial charge in [-0.2, -0.15) is 0 Å². The van der Waals surface area contributed by atoms with Crippen molar-refractivity contribution in [2.24, 2.45) is 0 Å². The van der Waals surface area contributed by atoms with Gasteiger partial charge >= 0.3 is 0 Å². The Morgan fingerprint density at radius 2 is 2.08 bits per heavy atom. The van der Waals surface area contributed by atoms with E-state index in [-0.39, 0.29) is 16.4 Å². The number of rotatable bonds is 2. The normalized spacial score (nSPS) is 10.5. The maximum Gasteiger partial charge on any atom is 0.188 e. The van der Waals surface area contributed by atoms with Crippen molar-refractivity contribution in [3.05, 3.63) is 34.6 Å². The molecule has 70 valence electrons. The summed E-state index contributed by atoms with van der Waals surface area (Å²) in [6.45, 7) is 0. The van der Waals surface area contributed by atoms with Crippen molar-refractivity contribution in [1.82, 2.24) is 0 Å². The molecule has 0 spiro atoms. The van der Waals surface area contributed by atoms with Gasteiger partial charge in [-0.25, -0.2) is 4.39 Å². The molecule has 0 saturated heterocycles. The highest BCUT2D eigenvalue weighted by molar-refractivity contribution is 9.25. The number of ketones is 1. The largest absolute Gasteiger partial charge is 0.292 e. The van der Waals surface area contributed by atoms with Crippen LogP contribution in [0.1, 0.15) is 10.4 Å². The monoisotopic (exact) mass is 328 g/mol. The van der Waals surface area contributed by atoms with Gasteiger partial charge in [0.2, 0.25) is 0 Å². The lowest BCUT2D eigenvalue weighted by Crippen LogP contribution is -2.08. The van der Waals surface area contributed by atoms with E-state index in [0.29, 0.717) is 0 Å². The second-order valence-electron chi connectivity index (χ2n) is 2.29. The smallest absolute Gasteiger partial charge is 0.188 e. The number of alkyl halides is 2. The maximum atomic E-state index is 12.7. The van der Waals surface area contributed by atoms with Gasteiger partial charge in [-0.15, -0.1) is 0 Å². The Bertz CT molecular complexity index is 341. The van der Waals surface area contributed by atoms with Gasteiger partial charge in [0.25, 0.3) is 0 Å². The number of benzene rings is 1. The van der Waals surface area contributed by atoms with E-state index in [1.54, 1.807) is 0 Å². The van der Waals surface area contributed by atoms with Gasteiger partial charge in [0.05, 0.1) is 5.02 Å². The highest BCUT2D eigenvalue weighted by Crippen LogP contribution is 2.23.